The molecule has 1 aromatic rings. The first-order valence-corrected chi connectivity index (χ1v) is 25.4. The molecule has 4 aliphatic rings. The molecule has 4 amide bonds. The molecule has 12 atom stereocenters. The summed E-state index contributed by atoms with van der Waals surface area (Å²) in [6.07, 6.45) is -10.4. The van der Waals surface area contributed by atoms with Crippen molar-refractivity contribution in [1.82, 2.24) is 40.3 Å². The predicted octanol–water partition coefficient (Wildman–Crippen LogP) is -4.76. The Kier molecular flexibility index (Phi) is 22.3. The number of nitrogens with zero attached hydrogens (tertiary/aromatic N) is 7. The van der Waals surface area contributed by atoms with Gasteiger partial charge in [-0.05, 0) is 0 Å². The highest BCUT2D eigenvalue weighted by molar-refractivity contribution is 6.36. The fraction of sp³-hybridized carbons (Fsp3) is 0.708. The minimum absolute atomic E-state index is 0.00678. The number of piperazine rings is 2. The standard InChI is InChI=1S/C48H69N9O23/c1-24(58)49-39-32(19-48(71,47(70)72-9)80-44(39)42(78-31(8)65)36(76-29(6)63)23-74-27(4)61)45(68)55-16-12-54(13-17-55)37-21-57(52-51-37)20-34(66)46(69)56-14-10-53(11-15-56)33-18-38(67)79-43(40(33)50-25(2)59)41(77-30(7)64)35(75-28(5)62)22-73-26(3)60/h21,32-33,35-36,38-44,67,71H,10-20,22-23H2,1-9H3,(H,49,58)(H,50,59)/t32-,33-,35+,36+,38+,39+,40+,41+,42+,43+,44+,48-/m0/s1. The van der Waals surface area contributed by atoms with Crippen LogP contribution in [0, 0.1) is 5.92 Å². The third-order valence-electron chi connectivity index (χ3n) is 13.3. The van der Waals surface area contributed by atoms with Crippen LogP contribution in [0.15, 0.2) is 6.20 Å². The Bertz CT molecular complexity index is 2480. The van der Waals surface area contributed by atoms with E-state index in [1.54, 1.807) is 4.90 Å². The molecule has 0 unspecified atom stereocenters. The number of carbonyl (C=O) groups excluding carboxylic acids is 12. The maximum Gasteiger partial charge on any atom is 0.366 e. The molecule has 0 spiro atoms. The van der Waals surface area contributed by atoms with Crippen LogP contribution in [0.2, 0.25) is 0 Å². The van der Waals surface area contributed by atoms with Crippen LogP contribution < -0.4 is 15.5 Å². The number of rotatable bonds is 21. The molecule has 0 radical (unpaired) electrons. The quantitative estimate of drug-likeness (QED) is 0.0510. The first kappa shape index (κ1) is 63.4. The largest absolute Gasteiger partial charge is 0.465 e. The lowest BCUT2D eigenvalue weighted by Crippen LogP contribution is -2.69. The molecule has 444 valence electrons. The Hall–Kier alpha value is -7.42. The van der Waals surface area contributed by atoms with Gasteiger partial charge in [0.05, 0.1) is 31.3 Å². The van der Waals surface area contributed by atoms with E-state index in [1.807, 2.05) is 4.90 Å². The smallest absolute Gasteiger partial charge is 0.366 e. The topological polar surface area (TPSA) is 396 Å². The van der Waals surface area contributed by atoms with Gasteiger partial charge in [-0.15, -0.1) is 5.10 Å². The minimum Gasteiger partial charge on any atom is -0.465 e. The van der Waals surface area contributed by atoms with Gasteiger partial charge in [0.2, 0.25) is 23.5 Å². The number of aliphatic hydroxyl groups is 2. The average Bonchev–Trinajstić information content (AvgIpc) is 3.93. The molecule has 4 aliphatic heterocycles. The summed E-state index contributed by atoms with van der Waals surface area (Å²) in [6, 6.07) is -3.22. The maximum absolute atomic E-state index is 14.6. The number of aromatic nitrogens is 3. The molecular weight excluding hydrogens is 1070 g/mol. The summed E-state index contributed by atoms with van der Waals surface area (Å²) in [4.78, 5) is 159. The second kappa shape index (κ2) is 28.1. The van der Waals surface area contributed by atoms with Crippen molar-refractivity contribution in [3.05, 3.63) is 6.20 Å². The van der Waals surface area contributed by atoms with Crippen LogP contribution in [0.4, 0.5) is 5.82 Å². The molecule has 0 aromatic carbocycles. The number of aliphatic hydroxyl groups excluding tert-OH is 1. The maximum atomic E-state index is 14.6. The molecule has 32 heteroatoms. The molecular formula is C48H69N9O23. The Morgan fingerprint density at radius 3 is 1.66 bits per heavy atom. The summed E-state index contributed by atoms with van der Waals surface area (Å²) in [5, 5.41) is 36.2. The van der Waals surface area contributed by atoms with Crippen molar-refractivity contribution in [3.8, 4) is 0 Å². The molecule has 4 N–H and O–H groups in total. The van der Waals surface area contributed by atoms with Crippen LogP contribution in [-0.2, 0) is 107 Å². The van der Waals surface area contributed by atoms with Crippen molar-refractivity contribution in [2.75, 3.05) is 77.6 Å². The molecule has 0 bridgehead atoms. The minimum atomic E-state index is -2.89. The number of hydrogen-bond acceptors (Lipinski definition) is 27. The number of hydrogen-bond donors (Lipinski definition) is 4. The highest BCUT2D eigenvalue weighted by atomic mass is 16.7. The normalized spacial score (nSPS) is 25.7. The van der Waals surface area contributed by atoms with Gasteiger partial charge in [-0.25, -0.2) is 9.48 Å². The number of esters is 7. The molecule has 32 nitrogen and oxygen atoms in total. The van der Waals surface area contributed by atoms with Crippen LogP contribution in [-0.4, -0.2) is 251 Å². The number of nitrogens with one attached hydrogen (secondary N) is 2. The average molecular weight is 1140 g/mol. The molecule has 4 fully saturated rings. The van der Waals surface area contributed by atoms with Crippen molar-refractivity contribution in [3.63, 3.8) is 0 Å². The van der Waals surface area contributed by atoms with E-state index in [2.05, 4.69) is 20.9 Å². The van der Waals surface area contributed by atoms with Gasteiger partial charge < -0.3 is 78.2 Å². The first-order chi connectivity index (χ1) is 37.6. The van der Waals surface area contributed by atoms with Crippen molar-refractivity contribution in [2.24, 2.45) is 5.92 Å². The van der Waals surface area contributed by atoms with Crippen LogP contribution in [0.25, 0.3) is 0 Å². The van der Waals surface area contributed by atoms with E-state index in [-0.39, 0.29) is 64.6 Å². The van der Waals surface area contributed by atoms with Crippen molar-refractivity contribution in [1.29, 1.82) is 0 Å². The van der Waals surface area contributed by atoms with Crippen molar-refractivity contribution >= 4 is 77.0 Å². The number of ketones is 1. The molecule has 5 heterocycles. The number of methoxy groups -OCH3 is 1. The Morgan fingerprint density at radius 1 is 0.675 bits per heavy atom. The van der Waals surface area contributed by atoms with E-state index < -0.39 is 170 Å². The van der Waals surface area contributed by atoms with Gasteiger partial charge in [-0.3, -0.25) is 57.6 Å². The first-order valence-electron chi connectivity index (χ1n) is 25.4. The summed E-state index contributed by atoms with van der Waals surface area (Å²) in [6.45, 7) is 7.43. The van der Waals surface area contributed by atoms with E-state index in [0.29, 0.717) is 0 Å². The SMILES string of the molecule is COC(=O)[C@]1(O)C[C@H](C(=O)N2CCN(c3cn(CC(=O)C(=O)N4CCN([C@H]5C[C@H](O)O[C@@H]([C@H](OC(C)=O)[C@@H](COC(C)=O)OC(C)=O)[C@@H]5NC(C)=O)CC4)nn3)CC2)[C@@H](NC(C)=O)[C@H]([C@H](OC(C)=O)[C@@H](COC(C)=O)OC(C)=O)O1. The summed E-state index contributed by atoms with van der Waals surface area (Å²) >= 11 is 0. The van der Waals surface area contributed by atoms with Gasteiger partial charge >= 0.3 is 41.8 Å². The van der Waals surface area contributed by atoms with E-state index in [9.17, 15) is 67.7 Å². The third-order valence-corrected chi connectivity index (χ3v) is 13.3. The number of Topliss-reactive ketones (excluding diaryl/α,β-unsaturated/α-hetero) is 1. The van der Waals surface area contributed by atoms with Gasteiger partial charge in [-0.2, -0.15) is 0 Å². The monoisotopic (exact) mass is 1140 g/mol. The molecule has 0 saturated carbocycles. The Balaban J connectivity index is 1.25. The van der Waals surface area contributed by atoms with Gasteiger partial charge in [0.25, 0.3) is 11.7 Å². The zero-order valence-electron chi connectivity index (χ0n) is 45.7. The lowest BCUT2D eigenvalue weighted by molar-refractivity contribution is -0.291. The number of anilines is 1. The zero-order valence-corrected chi connectivity index (χ0v) is 45.7. The van der Waals surface area contributed by atoms with Crippen LogP contribution >= 0.6 is 0 Å². The van der Waals surface area contributed by atoms with E-state index in [4.69, 9.17) is 42.6 Å². The van der Waals surface area contributed by atoms with Gasteiger partial charge in [-0.1, -0.05) is 5.21 Å². The van der Waals surface area contributed by atoms with Crippen molar-refractivity contribution in [2.45, 2.75) is 142 Å². The predicted molar refractivity (Wildman–Crippen MR) is 262 cm³/mol. The molecule has 4 saturated heterocycles. The van der Waals surface area contributed by atoms with Gasteiger partial charge in [0.15, 0.2) is 36.5 Å². The zero-order chi connectivity index (χ0) is 59.3. The number of amides is 4. The summed E-state index contributed by atoms with van der Waals surface area (Å²) in [5.74, 6) is -14.2. The van der Waals surface area contributed by atoms with E-state index in [0.717, 1.165) is 60.3 Å². The van der Waals surface area contributed by atoms with E-state index in [1.165, 1.54) is 22.9 Å². The lowest BCUT2D eigenvalue weighted by atomic mass is 9.80. The summed E-state index contributed by atoms with van der Waals surface area (Å²) in [5.41, 5.74) is 0. The number of ether oxygens (including phenoxy) is 9. The third kappa shape index (κ3) is 17.0. The lowest BCUT2D eigenvalue weighted by Gasteiger charge is -2.49. The summed E-state index contributed by atoms with van der Waals surface area (Å²) in [7, 11) is 0.940. The number of carbonyl (C=O) groups is 12. The second-order valence-corrected chi connectivity index (χ2v) is 19.4. The highest BCUT2D eigenvalue weighted by Crippen LogP contribution is 2.38. The van der Waals surface area contributed by atoms with Gasteiger partial charge in [0, 0.05) is 127 Å². The van der Waals surface area contributed by atoms with Gasteiger partial charge in [0.1, 0.15) is 32.0 Å². The van der Waals surface area contributed by atoms with Crippen molar-refractivity contribution < 1.29 is 110 Å². The molecule has 5 rings (SSSR count). The Labute approximate surface area is 458 Å². The fourth-order valence-electron chi connectivity index (χ4n) is 10.0. The highest BCUT2D eigenvalue weighted by Gasteiger charge is 2.59. The summed E-state index contributed by atoms with van der Waals surface area (Å²) < 4.78 is 49.6. The molecule has 0 aliphatic carbocycles. The van der Waals surface area contributed by atoms with Crippen LogP contribution in [0.3, 0.4) is 0 Å². The van der Waals surface area contributed by atoms with Crippen LogP contribution in [0.1, 0.15) is 68.2 Å². The second-order valence-electron chi connectivity index (χ2n) is 19.4. The fourth-order valence-corrected chi connectivity index (χ4v) is 10.0. The van der Waals surface area contributed by atoms with E-state index >= 15 is 0 Å². The van der Waals surface area contributed by atoms with Crippen LogP contribution in [0.5, 0.6) is 0 Å². The molecule has 1 aromatic heterocycles. The Morgan fingerprint density at radius 2 is 1.18 bits per heavy atom. The molecule has 80 heavy (non-hydrogen) atoms.